The smallest absolute Gasteiger partial charge is 0.179 e. The first-order valence-electron chi connectivity index (χ1n) is 13.4. The fourth-order valence-corrected chi connectivity index (χ4v) is 3.25. The summed E-state index contributed by atoms with van der Waals surface area (Å²) >= 11 is 0. The summed E-state index contributed by atoms with van der Waals surface area (Å²) in [6.07, 6.45) is 2.99. The Morgan fingerprint density at radius 1 is 0.444 bits per heavy atom. The topological polar surface area (TPSA) is 117 Å². The van der Waals surface area contributed by atoms with Gasteiger partial charge in [-0.25, -0.2) is 0 Å². The molecule has 0 fully saturated rings. The lowest BCUT2D eigenvalue weighted by atomic mass is 10.0. The summed E-state index contributed by atoms with van der Waals surface area (Å²) in [7, 11) is 0. The van der Waals surface area contributed by atoms with E-state index in [1.165, 1.54) is 0 Å². The molecule has 0 rings (SSSR count). The highest BCUT2D eigenvalue weighted by molar-refractivity contribution is 4.80. The van der Waals surface area contributed by atoms with Gasteiger partial charge in [0.1, 0.15) is 0 Å². The van der Waals surface area contributed by atoms with Crippen LogP contribution in [0, 0.1) is 0 Å². The molecule has 0 aromatic heterocycles. The minimum atomic E-state index is -0.828. The zero-order chi connectivity index (χ0) is 28.2. The Labute approximate surface area is 220 Å². The Hall–Kier alpha value is -1.68. The van der Waals surface area contributed by atoms with Crippen molar-refractivity contribution in [2.75, 3.05) is 0 Å². The van der Waals surface area contributed by atoms with E-state index in [1.807, 2.05) is 96.9 Å². The fourth-order valence-electron chi connectivity index (χ4n) is 3.25. The molecule has 0 saturated heterocycles. The second-order valence-electron chi connectivity index (χ2n) is 11.9. The van der Waals surface area contributed by atoms with Gasteiger partial charge in [-0.05, 0) is 123 Å². The van der Waals surface area contributed by atoms with Crippen LogP contribution in [-0.4, -0.2) is 47.1 Å². The van der Waals surface area contributed by atoms with E-state index in [4.69, 9.17) is 9.47 Å². The van der Waals surface area contributed by atoms with Crippen molar-refractivity contribution in [2.24, 2.45) is 40.9 Å². The number of azo groups is 4. The molecule has 10 nitrogen and oxygen atoms in total. The first-order valence-corrected chi connectivity index (χ1v) is 13.4. The molecule has 0 aliphatic rings. The highest BCUT2D eigenvalue weighted by atomic mass is 16.6. The van der Waals surface area contributed by atoms with Crippen LogP contribution in [0.3, 0.4) is 0 Å². The standard InChI is InChI=1S/C26H54N8O2/c1-19(2)27-31-23(9,10)35-25(13,33-29-21(5)6)17-15-16-18-26(14,34-30-22(7)8)36-24(11,12)32-28-20(3)4/h19-22H,15-18H2,1-14H3. The molecule has 0 aliphatic carbocycles. The van der Waals surface area contributed by atoms with Crippen LogP contribution in [0.4, 0.5) is 0 Å². The molecular weight excluding hydrogens is 456 g/mol. The number of nitrogens with zero attached hydrogens (tertiary/aromatic N) is 8. The molecule has 0 radical (unpaired) electrons. The average molecular weight is 511 g/mol. The predicted molar refractivity (Wildman–Crippen MR) is 146 cm³/mol. The van der Waals surface area contributed by atoms with Gasteiger partial charge in [-0.1, -0.05) is 0 Å². The molecule has 2 atom stereocenters. The van der Waals surface area contributed by atoms with E-state index in [2.05, 4.69) is 40.9 Å². The number of hydrogen-bond donors (Lipinski definition) is 0. The average Bonchev–Trinajstić information content (AvgIpc) is 2.71. The van der Waals surface area contributed by atoms with Crippen LogP contribution in [0.25, 0.3) is 0 Å². The van der Waals surface area contributed by atoms with Crippen molar-refractivity contribution in [2.45, 2.75) is 170 Å². The van der Waals surface area contributed by atoms with Crippen LogP contribution < -0.4 is 0 Å². The number of hydrogen-bond acceptors (Lipinski definition) is 10. The number of ether oxygens (including phenoxy) is 2. The lowest BCUT2D eigenvalue weighted by Crippen LogP contribution is -2.38. The van der Waals surface area contributed by atoms with Crippen LogP contribution in [-0.2, 0) is 9.47 Å². The van der Waals surface area contributed by atoms with E-state index in [-0.39, 0.29) is 24.2 Å². The van der Waals surface area contributed by atoms with Crippen LogP contribution >= 0.6 is 0 Å². The van der Waals surface area contributed by atoms with E-state index in [0.29, 0.717) is 12.8 Å². The van der Waals surface area contributed by atoms with Crippen molar-refractivity contribution in [1.29, 1.82) is 0 Å². The van der Waals surface area contributed by atoms with Gasteiger partial charge >= 0.3 is 0 Å². The maximum atomic E-state index is 6.35. The summed E-state index contributed by atoms with van der Waals surface area (Å²) in [4.78, 5) is 0. The van der Waals surface area contributed by atoms with E-state index >= 15 is 0 Å². The van der Waals surface area contributed by atoms with Crippen LogP contribution in [0.15, 0.2) is 40.9 Å². The third-order valence-corrected chi connectivity index (χ3v) is 4.53. The van der Waals surface area contributed by atoms with E-state index in [9.17, 15) is 0 Å². The van der Waals surface area contributed by atoms with Gasteiger partial charge in [0, 0.05) is 0 Å². The van der Waals surface area contributed by atoms with Crippen LogP contribution in [0.5, 0.6) is 0 Å². The molecule has 10 heteroatoms. The summed E-state index contributed by atoms with van der Waals surface area (Å²) in [5.41, 5.74) is -3.29. The molecule has 0 bridgehead atoms. The van der Waals surface area contributed by atoms with Crippen molar-refractivity contribution < 1.29 is 9.47 Å². The molecule has 0 amide bonds. The van der Waals surface area contributed by atoms with Crippen molar-refractivity contribution >= 4 is 0 Å². The second-order valence-corrected chi connectivity index (χ2v) is 11.9. The molecule has 0 aromatic carbocycles. The van der Waals surface area contributed by atoms with Gasteiger partial charge in [-0.3, -0.25) is 0 Å². The van der Waals surface area contributed by atoms with Gasteiger partial charge in [0.25, 0.3) is 0 Å². The summed E-state index contributed by atoms with van der Waals surface area (Å²) in [6.45, 7) is 27.4. The lowest BCUT2D eigenvalue weighted by molar-refractivity contribution is -0.141. The highest BCUT2D eigenvalue weighted by Gasteiger charge is 2.36. The largest absolute Gasteiger partial charge is 0.324 e. The van der Waals surface area contributed by atoms with Gasteiger partial charge in [0.15, 0.2) is 22.9 Å². The Bertz CT molecular complexity index is 682. The third kappa shape index (κ3) is 16.9. The molecule has 2 unspecified atom stereocenters. The SMILES string of the molecule is CC(C)N=NC(C)(C)OC(C)(CCCCC(C)(N=NC(C)C)OC(C)(C)N=NC(C)C)N=NC(C)C. The monoisotopic (exact) mass is 510 g/mol. The van der Waals surface area contributed by atoms with Gasteiger partial charge in [-0.15, -0.1) is 0 Å². The van der Waals surface area contributed by atoms with Crippen molar-refractivity contribution in [3.8, 4) is 0 Å². The highest BCUT2D eigenvalue weighted by Crippen LogP contribution is 2.32. The van der Waals surface area contributed by atoms with E-state index in [1.54, 1.807) is 0 Å². The first-order chi connectivity index (χ1) is 16.3. The molecule has 210 valence electrons. The molecule has 0 heterocycles. The Kier molecular flexibility index (Phi) is 14.2. The molecule has 0 N–H and O–H groups in total. The minimum Gasteiger partial charge on any atom is -0.324 e. The minimum absolute atomic E-state index is 0.0729. The van der Waals surface area contributed by atoms with Crippen LogP contribution in [0.2, 0.25) is 0 Å². The van der Waals surface area contributed by atoms with Gasteiger partial charge in [-0.2, -0.15) is 40.9 Å². The quantitative estimate of drug-likeness (QED) is 0.143. The van der Waals surface area contributed by atoms with Gasteiger partial charge in [0.05, 0.1) is 24.2 Å². The van der Waals surface area contributed by atoms with E-state index in [0.717, 1.165) is 12.8 Å². The van der Waals surface area contributed by atoms with Gasteiger partial charge < -0.3 is 9.47 Å². The maximum absolute atomic E-state index is 6.35. The normalized spacial score (nSPS) is 17.7. The molecule has 0 spiro atoms. The summed E-state index contributed by atoms with van der Waals surface area (Å²) < 4.78 is 12.7. The van der Waals surface area contributed by atoms with Crippen molar-refractivity contribution in [3.05, 3.63) is 0 Å². The molecule has 0 saturated carbocycles. The number of rotatable bonds is 17. The molecule has 36 heavy (non-hydrogen) atoms. The summed E-state index contributed by atoms with van der Waals surface area (Å²) in [5.74, 6) is 0. The first kappa shape index (κ1) is 34.3. The molecule has 0 aliphatic heterocycles. The molecule has 0 aromatic rings. The summed E-state index contributed by atoms with van der Waals surface area (Å²) in [6, 6.07) is 0.337. The zero-order valence-electron chi connectivity index (χ0n) is 25.5. The lowest BCUT2D eigenvalue weighted by Gasteiger charge is -2.33. The Morgan fingerprint density at radius 2 is 0.694 bits per heavy atom. The summed E-state index contributed by atoms with van der Waals surface area (Å²) in [5, 5.41) is 35.2. The predicted octanol–water partition coefficient (Wildman–Crippen LogP) is 8.93. The Morgan fingerprint density at radius 3 is 0.944 bits per heavy atom. The Balaban J connectivity index is 5.52. The fraction of sp³-hybridized carbons (Fsp3) is 1.00. The van der Waals surface area contributed by atoms with Crippen LogP contribution in [0.1, 0.15) is 123 Å². The van der Waals surface area contributed by atoms with E-state index < -0.39 is 22.9 Å². The van der Waals surface area contributed by atoms with Gasteiger partial charge in [0.2, 0.25) is 0 Å². The molecular formula is C26H54N8O2. The third-order valence-electron chi connectivity index (χ3n) is 4.53. The maximum Gasteiger partial charge on any atom is 0.179 e. The van der Waals surface area contributed by atoms with Crippen molar-refractivity contribution in [3.63, 3.8) is 0 Å². The second kappa shape index (κ2) is 14.9. The number of unbranched alkanes of at least 4 members (excludes halogenated alkanes) is 1. The van der Waals surface area contributed by atoms with Crippen molar-refractivity contribution in [1.82, 2.24) is 0 Å². The zero-order valence-corrected chi connectivity index (χ0v) is 25.5.